The van der Waals surface area contributed by atoms with Gasteiger partial charge in [-0.05, 0) is 31.0 Å². The zero-order valence-electron chi connectivity index (χ0n) is 17.4. The van der Waals surface area contributed by atoms with Crippen LogP contribution >= 0.6 is 0 Å². The van der Waals surface area contributed by atoms with Crippen molar-refractivity contribution in [1.29, 1.82) is 0 Å². The van der Waals surface area contributed by atoms with Gasteiger partial charge in [0, 0.05) is 6.54 Å². The molecule has 2 aromatic carbocycles. The summed E-state index contributed by atoms with van der Waals surface area (Å²) in [5, 5.41) is 15.0. The van der Waals surface area contributed by atoms with Gasteiger partial charge in [0.15, 0.2) is 0 Å². The van der Waals surface area contributed by atoms with Gasteiger partial charge in [-0.1, -0.05) is 48.0 Å². The van der Waals surface area contributed by atoms with Crippen LogP contribution < -0.4 is 10.6 Å². The van der Waals surface area contributed by atoms with E-state index in [1.807, 2.05) is 6.92 Å². The summed E-state index contributed by atoms with van der Waals surface area (Å²) in [5.41, 5.74) is -1.23. The topological polar surface area (TPSA) is 98.7 Å². The predicted octanol–water partition coefficient (Wildman–Crippen LogP) is 2.63. The molecule has 2 aromatic rings. The largest absolute Gasteiger partial charge is 0.416 e. The zero-order valence-corrected chi connectivity index (χ0v) is 17.4. The fraction of sp³-hybridized carbons (Fsp3) is 0.318. The zero-order chi connectivity index (χ0) is 23.7. The monoisotopic (exact) mass is 449 g/mol. The van der Waals surface area contributed by atoms with Crippen molar-refractivity contribution in [3.8, 4) is 0 Å². The number of urea groups is 1. The summed E-state index contributed by atoms with van der Waals surface area (Å²) >= 11 is 0. The Bertz CT molecular complexity index is 1040. The number of halogens is 3. The summed E-state index contributed by atoms with van der Waals surface area (Å²) in [4.78, 5) is 38.2. The van der Waals surface area contributed by atoms with E-state index in [1.54, 1.807) is 24.3 Å². The van der Waals surface area contributed by atoms with Crippen molar-refractivity contribution in [1.82, 2.24) is 15.5 Å². The molecule has 3 rings (SSSR count). The molecule has 0 aliphatic carbocycles. The Morgan fingerprint density at radius 3 is 2.41 bits per heavy atom. The second-order valence-corrected chi connectivity index (χ2v) is 7.72. The highest BCUT2D eigenvalue weighted by Gasteiger charge is 2.49. The van der Waals surface area contributed by atoms with Crippen LogP contribution in [0.3, 0.4) is 0 Å². The van der Waals surface area contributed by atoms with Crippen LogP contribution in [-0.2, 0) is 21.3 Å². The maximum atomic E-state index is 13.1. The standard InChI is InChI=1S/C22H22F3N3O4/c1-13-7-9-14(10-8-13)21(2)19(31)28(20(32)27-21)12-18(30)26-11-17(29)15-5-3-4-6-16(15)22(23,24)25/h3-10,17,29H,11-12H2,1-2H3,(H,26,30)(H,27,32). The molecule has 7 nitrogen and oxygen atoms in total. The molecule has 0 spiro atoms. The van der Waals surface area contributed by atoms with Crippen LogP contribution in [0.4, 0.5) is 18.0 Å². The van der Waals surface area contributed by atoms with Crippen molar-refractivity contribution in [2.75, 3.05) is 13.1 Å². The maximum absolute atomic E-state index is 13.1. The molecule has 1 heterocycles. The lowest BCUT2D eigenvalue weighted by Gasteiger charge is -2.22. The summed E-state index contributed by atoms with van der Waals surface area (Å²) in [6.07, 6.45) is -6.29. The Labute approximate surface area is 182 Å². The van der Waals surface area contributed by atoms with E-state index in [9.17, 15) is 32.7 Å². The van der Waals surface area contributed by atoms with Crippen LogP contribution in [0.5, 0.6) is 0 Å². The molecular formula is C22H22F3N3O4. The number of amides is 4. The molecule has 0 bridgehead atoms. The highest BCUT2D eigenvalue weighted by Crippen LogP contribution is 2.34. The van der Waals surface area contributed by atoms with Crippen molar-refractivity contribution in [2.45, 2.75) is 31.7 Å². The molecule has 10 heteroatoms. The Morgan fingerprint density at radius 2 is 1.78 bits per heavy atom. The number of nitrogens with zero attached hydrogens (tertiary/aromatic N) is 1. The summed E-state index contributed by atoms with van der Waals surface area (Å²) in [5.74, 6) is -1.44. The Hall–Kier alpha value is -3.40. The molecule has 1 saturated heterocycles. The predicted molar refractivity (Wildman–Crippen MR) is 108 cm³/mol. The highest BCUT2D eigenvalue weighted by molar-refractivity contribution is 6.09. The molecule has 32 heavy (non-hydrogen) atoms. The first-order chi connectivity index (χ1) is 14.9. The van der Waals surface area contributed by atoms with E-state index < -0.39 is 54.3 Å². The number of benzene rings is 2. The minimum absolute atomic E-state index is 0.387. The van der Waals surface area contributed by atoms with Gasteiger partial charge in [-0.2, -0.15) is 13.2 Å². The van der Waals surface area contributed by atoms with Gasteiger partial charge < -0.3 is 15.7 Å². The molecule has 0 saturated carbocycles. The second-order valence-electron chi connectivity index (χ2n) is 7.72. The third-order valence-corrected chi connectivity index (χ3v) is 5.32. The normalized spacial score (nSPS) is 19.6. The van der Waals surface area contributed by atoms with Crippen LogP contribution in [-0.4, -0.2) is 40.9 Å². The van der Waals surface area contributed by atoms with E-state index in [-0.39, 0.29) is 5.56 Å². The maximum Gasteiger partial charge on any atom is 0.416 e. The lowest BCUT2D eigenvalue weighted by molar-refractivity contribution is -0.139. The van der Waals surface area contributed by atoms with Crippen LogP contribution in [0.15, 0.2) is 48.5 Å². The summed E-state index contributed by atoms with van der Waals surface area (Å²) in [6.45, 7) is 2.23. The first-order valence-corrected chi connectivity index (χ1v) is 9.75. The van der Waals surface area contributed by atoms with E-state index in [2.05, 4.69) is 10.6 Å². The van der Waals surface area contributed by atoms with Crippen molar-refractivity contribution in [3.05, 3.63) is 70.8 Å². The molecule has 2 unspecified atom stereocenters. The number of alkyl halides is 3. The van der Waals surface area contributed by atoms with Gasteiger partial charge in [0.25, 0.3) is 5.91 Å². The quantitative estimate of drug-likeness (QED) is 0.591. The van der Waals surface area contributed by atoms with Crippen LogP contribution in [0, 0.1) is 6.92 Å². The van der Waals surface area contributed by atoms with Crippen LogP contribution in [0.25, 0.3) is 0 Å². The number of aryl methyl sites for hydroxylation is 1. The number of carbonyl (C=O) groups is 3. The van der Waals surface area contributed by atoms with Crippen molar-refractivity contribution < 1.29 is 32.7 Å². The number of imide groups is 1. The first-order valence-electron chi connectivity index (χ1n) is 9.75. The Morgan fingerprint density at radius 1 is 1.16 bits per heavy atom. The smallest absolute Gasteiger partial charge is 0.387 e. The number of nitrogens with one attached hydrogen (secondary N) is 2. The number of hydrogen-bond acceptors (Lipinski definition) is 4. The van der Waals surface area contributed by atoms with Crippen molar-refractivity contribution >= 4 is 17.8 Å². The average Bonchev–Trinajstić information content (AvgIpc) is 2.95. The molecule has 4 amide bonds. The SMILES string of the molecule is Cc1ccc(C2(C)NC(=O)N(CC(=O)NCC(O)c3ccccc3C(F)(F)F)C2=O)cc1. The van der Waals surface area contributed by atoms with Gasteiger partial charge in [0.05, 0.1) is 11.7 Å². The van der Waals surface area contributed by atoms with Gasteiger partial charge in [0.1, 0.15) is 12.1 Å². The molecule has 0 radical (unpaired) electrons. The number of rotatable bonds is 6. The second kappa shape index (κ2) is 8.62. The minimum Gasteiger partial charge on any atom is -0.387 e. The molecule has 3 N–H and O–H groups in total. The number of aliphatic hydroxyl groups excluding tert-OH is 1. The van der Waals surface area contributed by atoms with Crippen LogP contribution in [0.1, 0.15) is 35.3 Å². The van der Waals surface area contributed by atoms with E-state index in [0.29, 0.717) is 5.56 Å². The molecule has 1 fully saturated rings. The van der Waals surface area contributed by atoms with E-state index in [4.69, 9.17) is 0 Å². The lowest BCUT2D eigenvalue weighted by Crippen LogP contribution is -2.43. The third kappa shape index (κ3) is 4.59. The molecule has 2 atom stereocenters. The van der Waals surface area contributed by atoms with E-state index in [1.165, 1.54) is 19.1 Å². The first kappa shape index (κ1) is 23.3. The average molecular weight is 449 g/mol. The fourth-order valence-electron chi connectivity index (χ4n) is 3.49. The Balaban J connectivity index is 1.65. The van der Waals surface area contributed by atoms with Gasteiger partial charge in [-0.15, -0.1) is 0 Å². The van der Waals surface area contributed by atoms with Crippen molar-refractivity contribution in [3.63, 3.8) is 0 Å². The van der Waals surface area contributed by atoms with Gasteiger partial charge in [-0.3, -0.25) is 14.5 Å². The third-order valence-electron chi connectivity index (χ3n) is 5.32. The molecule has 1 aliphatic rings. The highest BCUT2D eigenvalue weighted by atomic mass is 19.4. The number of hydrogen-bond donors (Lipinski definition) is 3. The summed E-state index contributed by atoms with van der Waals surface area (Å²) < 4.78 is 39.3. The van der Waals surface area contributed by atoms with E-state index in [0.717, 1.165) is 22.6 Å². The molecular weight excluding hydrogens is 427 g/mol. The van der Waals surface area contributed by atoms with Gasteiger partial charge >= 0.3 is 12.2 Å². The molecule has 170 valence electrons. The van der Waals surface area contributed by atoms with Gasteiger partial charge in [-0.25, -0.2) is 4.79 Å². The number of aliphatic hydroxyl groups is 1. The summed E-state index contributed by atoms with van der Waals surface area (Å²) in [7, 11) is 0. The minimum atomic E-state index is -4.66. The van der Waals surface area contributed by atoms with Gasteiger partial charge in [0.2, 0.25) is 5.91 Å². The summed E-state index contributed by atoms with van der Waals surface area (Å²) in [6, 6.07) is 10.7. The van der Waals surface area contributed by atoms with Crippen LogP contribution in [0.2, 0.25) is 0 Å². The van der Waals surface area contributed by atoms with E-state index >= 15 is 0 Å². The Kier molecular flexibility index (Phi) is 6.27. The fourth-order valence-corrected chi connectivity index (χ4v) is 3.49. The lowest BCUT2D eigenvalue weighted by atomic mass is 9.91. The molecule has 0 aromatic heterocycles. The number of carbonyl (C=O) groups excluding carboxylic acids is 3. The molecule has 1 aliphatic heterocycles. The van der Waals surface area contributed by atoms with Crippen molar-refractivity contribution in [2.24, 2.45) is 0 Å².